The van der Waals surface area contributed by atoms with Gasteiger partial charge in [-0.2, -0.15) is 5.10 Å². The fraction of sp³-hybridized carbons (Fsp3) is 0.231. The predicted octanol–water partition coefficient (Wildman–Crippen LogP) is 1.49. The van der Waals surface area contributed by atoms with Crippen LogP contribution in [0.25, 0.3) is 0 Å². The van der Waals surface area contributed by atoms with E-state index >= 15 is 0 Å². The van der Waals surface area contributed by atoms with Crippen LogP contribution in [-0.2, 0) is 6.54 Å². The smallest absolute Gasteiger partial charge is 0.269 e. The summed E-state index contributed by atoms with van der Waals surface area (Å²) in [4.78, 5) is 11.7. The number of benzene rings is 1. The zero-order chi connectivity index (χ0) is 12.4. The fourth-order valence-corrected chi connectivity index (χ4v) is 1.70. The SMILES string of the molecule is Cc1ccc(C)c(Cn2ncc(N)cc2=O)c1. The minimum absolute atomic E-state index is 0.175. The zero-order valence-corrected chi connectivity index (χ0v) is 9.97. The van der Waals surface area contributed by atoms with Crippen molar-refractivity contribution in [2.45, 2.75) is 20.4 Å². The number of nitrogens with two attached hydrogens (primary N) is 1. The maximum absolute atomic E-state index is 11.7. The summed E-state index contributed by atoms with van der Waals surface area (Å²) in [6, 6.07) is 7.56. The number of nitrogen functional groups attached to an aromatic ring is 1. The Hall–Kier alpha value is -2.10. The van der Waals surface area contributed by atoms with Crippen LogP contribution >= 0.6 is 0 Å². The molecule has 0 aliphatic rings. The largest absolute Gasteiger partial charge is 0.397 e. The van der Waals surface area contributed by atoms with Crippen molar-refractivity contribution in [1.82, 2.24) is 9.78 Å². The number of hydrogen-bond donors (Lipinski definition) is 1. The quantitative estimate of drug-likeness (QED) is 0.848. The van der Waals surface area contributed by atoms with Crippen LogP contribution in [0.15, 0.2) is 35.3 Å². The van der Waals surface area contributed by atoms with Crippen LogP contribution in [0.5, 0.6) is 0 Å². The third-order valence-electron chi connectivity index (χ3n) is 2.72. The Morgan fingerprint density at radius 1 is 1.29 bits per heavy atom. The second kappa shape index (κ2) is 4.41. The Labute approximate surface area is 99.7 Å². The molecule has 2 aromatic rings. The first-order valence-electron chi connectivity index (χ1n) is 5.45. The van der Waals surface area contributed by atoms with Gasteiger partial charge in [-0.1, -0.05) is 23.8 Å². The fourth-order valence-electron chi connectivity index (χ4n) is 1.70. The highest BCUT2D eigenvalue weighted by molar-refractivity contribution is 5.33. The Kier molecular flexibility index (Phi) is 2.95. The second-order valence-corrected chi connectivity index (χ2v) is 4.21. The van der Waals surface area contributed by atoms with E-state index in [0.29, 0.717) is 12.2 Å². The lowest BCUT2D eigenvalue weighted by Gasteiger charge is -2.08. The molecule has 0 unspecified atom stereocenters. The van der Waals surface area contributed by atoms with Crippen LogP contribution in [0.1, 0.15) is 16.7 Å². The molecule has 0 aliphatic heterocycles. The van der Waals surface area contributed by atoms with E-state index in [2.05, 4.69) is 17.2 Å². The summed E-state index contributed by atoms with van der Waals surface area (Å²) >= 11 is 0. The minimum atomic E-state index is -0.175. The molecule has 4 nitrogen and oxygen atoms in total. The number of hydrogen-bond acceptors (Lipinski definition) is 3. The van der Waals surface area contributed by atoms with Gasteiger partial charge >= 0.3 is 0 Å². The Bertz CT molecular complexity index is 602. The molecule has 1 aromatic carbocycles. The van der Waals surface area contributed by atoms with E-state index in [4.69, 9.17) is 5.73 Å². The highest BCUT2D eigenvalue weighted by atomic mass is 16.1. The van der Waals surface area contributed by atoms with Crippen molar-refractivity contribution < 1.29 is 0 Å². The van der Waals surface area contributed by atoms with Crippen molar-refractivity contribution in [2.75, 3.05) is 5.73 Å². The maximum Gasteiger partial charge on any atom is 0.269 e. The van der Waals surface area contributed by atoms with Crippen LogP contribution < -0.4 is 11.3 Å². The third-order valence-corrected chi connectivity index (χ3v) is 2.72. The van der Waals surface area contributed by atoms with Crippen LogP contribution in [0, 0.1) is 13.8 Å². The average molecular weight is 229 g/mol. The second-order valence-electron chi connectivity index (χ2n) is 4.21. The van der Waals surface area contributed by atoms with Crippen molar-refractivity contribution in [2.24, 2.45) is 0 Å². The van der Waals surface area contributed by atoms with Gasteiger partial charge in [-0.3, -0.25) is 4.79 Å². The van der Waals surface area contributed by atoms with E-state index in [9.17, 15) is 4.79 Å². The molecule has 88 valence electrons. The molecule has 2 N–H and O–H groups in total. The molecule has 17 heavy (non-hydrogen) atoms. The number of rotatable bonds is 2. The van der Waals surface area contributed by atoms with Gasteiger partial charge in [-0.05, 0) is 25.0 Å². The number of anilines is 1. The van der Waals surface area contributed by atoms with E-state index in [1.165, 1.54) is 22.5 Å². The third kappa shape index (κ3) is 2.53. The van der Waals surface area contributed by atoms with Gasteiger partial charge < -0.3 is 5.73 Å². The normalized spacial score (nSPS) is 10.5. The molecular weight excluding hydrogens is 214 g/mol. The topological polar surface area (TPSA) is 60.9 Å². The summed E-state index contributed by atoms with van der Waals surface area (Å²) in [5.74, 6) is 0. The van der Waals surface area contributed by atoms with Crippen molar-refractivity contribution in [3.05, 3.63) is 57.5 Å². The molecule has 4 heteroatoms. The van der Waals surface area contributed by atoms with Gasteiger partial charge in [-0.25, -0.2) is 4.68 Å². The predicted molar refractivity (Wildman–Crippen MR) is 67.9 cm³/mol. The van der Waals surface area contributed by atoms with E-state index in [0.717, 1.165) is 11.1 Å². The Balaban J connectivity index is 2.38. The van der Waals surface area contributed by atoms with E-state index in [1.54, 1.807) is 0 Å². The molecule has 1 heterocycles. The maximum atomic E-state index is 11.7. The molecule has 0 bridgehead atoms. The lowest BCUT2D eigenvalue weighted by Crippen LogP contribution is -2.23. The first-order chi connectivity index (χ1) is 8.06. The van der Waals surface area contributed by atoms with Gasteiger partial charge in [-0.15, -0.1) is 0 Å². The summed E-state index contributed by atoms with van der Waals surface area (Å²) in [7, 11) is 0. The van der Waals surface area contributed by atoms with Gasteiger partial charge in [0.2, 0.25) is 0 Å². The van der Waals surface area contributed by atoms with Crippen LogP contribution in [0.2, 0.25) is 0 Å². The average Bonchev–Trinajstić information content (AvgIpc) is 2.27. The number of aryl methyl sites for hydroxylation is 2. The minimum Gasteiger partial charge on any atom is -0.397 e. The van der Waals surface area contributed by atoms with Crippen molar-refractivity contribution in [1.29, 1.82) is 0 Å². The molecular formula is C13H15N3O. The Morgan fingerprint density at radius 2 is 2.06 bits per heavy atom. The van der Waals surface area contributed by atoms with Crippen molar-refractivity contribution in [3.63, 3.8) is 0 Å². The highest BCUT2D eigenvalue weighted by Gasteiger charge is 2.03. The molecule has 0 saturated carbocycles. The molecule has 0 saturated heterocycles. The molecule has 1 aromatic heterocycles. The lowest BCUT2D eigenvalue weighted by atomic mass is 10.1. The van der Waals surface area contributed by atoms with Gasteiger partial charge in [0, 0.05) is 6.07 Å². The summed E-state index contributed by atoms with van der Waals surface area (Å²) in [5.41, 5.74) is 9.15. The Morgan fingerprint density at radius 3 is 2.76 bits per heavy atom. The number of aromatic nitrogens is 2. The molecule has 0 atom stereocenters. The standard InChI is InChI=1S/C13H15N3O/c1-9-3-4-10(2)11(5-9)8-16-13(17)6-12(14)7-15-16/h3-7H,8,14H2,1-2H3. The first-order valence-corrected chi connectivity index (χ1v) is 5.45. The molecule has 0 aliphatic carbocycles. The highest BCUT2D eigenvalue weighted by Crippen LogP contribution is 2.11. The molecule has 2 rings (SSSR count). The lowest BCUT2D eigenvalue weighted by molar-refractivity contribution is 0.638. The van der Waals surface area contributed by atoms with Gasteiger partial charge in [0.15, 0.2) is 0 Å². The summed E-state index contributed by atoms with van der Waals surface area (Å²) in [6.45, 7) is 4.53. The summed E-state index contributed by atoms with van der Waals surface area (Å²) < 4.78 is 1.41. The molecule has 0 fully saturated rings. The van der Waals surface area contributed by atoms with Crippen LogP contribution in [-0.4, -0.2) is 9.78 Å². The van der Waals surface area contributed by atoms with Gasteiger partial charge in [0.1, 0.15) is 0 Å². The van der Waals surface area contributed by atoms with E-state index < -0.39 is 0 Å². The van der Waals surface area contributed by atoms with Crippen molar-refractivity contribution >= 4 is 5.69 Å². The van der Waals surface area contributed by atoms with Crippen molar-refractivity contribution in [3.8, 4) is 0 Å². The summed E-state index contributed by atoms with van der Waals surface area (Å²) in [5, 5.41) is 4.02. The van der Waals surface area contributed by atoms with E-state index in [1.807, 2.05) is 19.9 Å². The summed E-state index contributed by atoms with van der Waals surface area (Å²) in [6.07, 6.45) is 1.49. The molecule has 0 amide bonds. The zero-order valence-electron chi connectivity index (χ0n) is 9.97. The van der Waals surface area contributed by atoms with Gasteiger partial charge in [0.05, 0.1) is 18.4 Å². The molecule has 0 radical (unpaired) electrons. The van der Waals surface area contributed by atoms with E-state index in [-0.39, 0.29) is 5.56 Å². The number of nitrogens with zero attached hydrogens (tertiary/aromatic N) is 2. The van der Waals surface area contributed by atoms with Crippen LogP contribution in [0.4, 0.5) is 5.69 Å². The van der Waals surface area contributed by atoms with Gasteiger partial charge in [0.25, 0.3) is 5.56 Å². The monoisotopic (exact) mass is 229 g/mol. The van der Waals surface area contributed by atoms with Crippen LogP contribution in [0.3, 0.4) is 0 Å². The molecule has 0 spiro atoms. The first kappa shape index (κ1) is 11.4.